The maximum absolute atomic E-state index is 12.8. The van der Waals surface area contributed by atoms with Crippen LogP contribution < -0.4 is 21.1 Å². The lowest BCUT2D eigenvalue weighted by molar-refractivity contribution is -0.115. The number of carbonyl (C=O) groups is 2. The second-order valence-electron chi connectivity index (χ2n) is 5.04. The predicted octanol–water partition coefficient (Wildman–Crippen LogP) is 2.38. The summed E-state index contributed by atoms with van der Waals surface area (Å²) in [5.74, 6) is -0.658. The molecule has 0 fully saturated rings. The van der Waals surface area contributed by atoms with Gasteiger partial charge >= 0.3 is 0 Å². The van der Waals surface area contributed by atoms with Crippen molar-refractivity contribution in [3.8, 4) is 5.75 Å². The average Bonchev–Trinajstić information content (AvgIpc) is 2.62. The Bertz CT molecular complexity index is 789. The minimum Gasteiger partial charge on any atom is -0.494 e. The smallest absolute Gasteiger partial charge is 0.248 e. The van der Waals surface area contributed by atoms with Crippen molar-refractivity contribution in [3.63, 3.8) is 0 Å². The molecule has 0 saturated heterocycles. The maximum Gasteiger partial charge on any atom is 0.248 e. The number of carbonyl (C=O) groups excluding carboxylic acids is 2. The molecule has 25 heavy (non-hydrogen) atoms. The zero-order chi connectivity index (χ0) is 18.2. The molecule has 0 saturated carbocycles. The standard InChI is InChI=1S/C18H18FN3O3/c1-25-16-10-14(21-18(24)11-20)7-8-15(16)22-17(23)9-4-12-2-5-13(19)6-3-12/h2-10H,11,20H2,1H3,(H,21,24)(H,22,23)/b9-4+. The fourth-order valence-electron chi connectivity index (χ4n) is 2.00. The lowest BCUT2D eigenvalue weighted by Gasteiger charge is -2.11. The third-order valence-corrected chi connectivity index (χ3v) is 3.23. The molecule has 0 unspecified atom stereocenters. The van der Waals surface area contributed by atoms with E-state index in [9.17, 15) is 14.0 Å². The number of anilines is 2. The molecule has 4 N–H and O–H groups in total. The summed E-state index contributed by atoms with van der Waals surface area (Å²) in [7, 11) is 1.45. The number of benzene rings is 2. The summed E-state index contributed by atoms with van der Waals surface area (Å²) in [4.78, 5) is 23.3. The van der Waals surface area contributed by atoms with Gasteiger partial charge in [0.05, 0.1) is 19.3 Å². The summed E-state index contributed by atoms with van der Waals surface area (Å²) in [6, 6.07) is 10.6. The first kappa shape index (κ1) is 18.2. The summed E-state index contributed by atoms with van der Waals surface area (Å²) >= 11 is 0. The first-order valence-corrected chi connectivity index (χ1v) is 7.44. The van der Waals surface area contributed by atoms with Crippen LogP contribution in [0.3, 0.4) is 0 Å². The largest absolute Gasteiger partial charge is 0.494 e. The molecule has 130 valence electrons. The van der Waals surface area contributed by atoms with Gasteiger partial charge in [0, 0.05) is 17.8 Å². The molecule has 2 amide bonds. The van der Waals surface area contributed by atoms with Crippen LogP contribution >= 0.6 is 0 Å². The highest BCUT2D eigenvalue weighted by Gasteiger charge is 2.08. The molecule has 0 aliphatic rings. The van der Waals surface area contributed by atoms with Gasteiger partial charge in [-0.05, 0) is 35.9 Å². The van der Waals surface area contributed by atoms with Crippen LogP contribution in [0.15, 0.2) is 48.5 Å². The summed E-state index contributed by atoms with van der Waals surface area (Å²) in [6.07, 6.45) is 2.90. The van der Waals surface area contributed by atoms with Gasteiger partial charge in [-0.1, -0.05) is 12.1 Å². The number of ether oxygens (including phenoxy) is 1. The summed E-state index contributed by atoms with van der Waals surface area (Å²) in [5, 5.41) is 5.27. The quantitative estimate of drug-likeness (QED) is 0.702. The zero-order valence-corrected chi connectivity index (χ0v) is 13.6. The third-order valence-electron chi connectivity index (χ3n) is 3.23. The Balaban J connectivity index is 2.06. The number of halogens is 1. The minimum absolute atomic E-state index is 0.130. The van der Waals surface area contributed by atoms with E-state index in [1.165, 1.54) is 25.3 Å². The van der Waals surface area contributed by atoms with Crippen molar-refractivity contribution < 1.29 is 18.7 Å². The predicted molar refractivity (Wildman–Crippen MR) is 94.7 cm³/mol. The second-order valence-corrected chi connectivity index (χ2v) is 5.04. The van der Waals surface area contributed by atoms with E-state index >= 15 is 0 Å². The van der Waals surface area contributed by atoms with Crippen LogP contribution in [0.5, 0.6) is 5.75 Å². The Morgan fingerprint density at radius 1 is 1.16 bits per heavy atom. The topological polar surface area (TPSA) is 93.4 Å². The van der Waals surface area contributed by atoms with Crippen LogP contribution in [0.2, 0.25) is 0 Å². The van der Waals surface area contributed by atoms with Crippen molar-refractivity contribution in [1.29, 1.82) is 0 Å². The van der Waals surface area contributed by atoms with Gasteiger partial charge in [-0.25, -0.2) is 4.39 Å². The van der Waals surface area contributed by atoms with Crippen LogP contribution in [0.25, 0.3) is 6.08 Å². The number of methoxy groups -OCH3 is 1. The van der Waals surface area contributed by atoms with Gasteiger partial charge in [-0.15, -0.1) is 0 Å². The number of nitrogens with one attached hydrogen (secondary N) is 2. The second kappa shape index (κ2) is 8.60. The summed E-state index contributed by atoms with van der Waals surface area (Å²) < 4.78 is 18.1. The van der Waals surface area contributed by atoms with Crippen LogP contribution in [-0.4, -0.2) is 25.5 Å². The van der Waals surface area contributed by atoms with E-state index in [1.807, 2.05) is 0 Å². The van der Waals surface area contributed by atoms with Crippen LogP contribution in [0, 0.1) is 5.82 Å². The molecular formula is C18H18FN3O3. The summed E-state index contributed by atoms with van der Waals surface area (Å²) in [5.41, 5.74) is 6.90. The summed E-state index contributed by atoms with van der Waals surface area (Å²) in [6.45, 7) is -0.130. The Kier molecular flexibility index (Phi) is 6.25. The normalized spacial score (nSPS) is 10.5. The molecular weight excluding hydrogens is 325 g/mol. The Morgan fingerprint density at radius 2 is 1.88 bits per heavy atom. The van der Waals surface area contributed by atoms with Crippen molar-refractivity contribution in [2.24, 2.45) is 5.73 Å². The van der Waals surface area contributed by atoms with E-state index in [1.54, 1.807) is 36.4 Å². The lowest BCUT2D eigenvalue weighted by Crippen LogP contribution is -2.21. The van der Waals surface area contributed by atoms with Gasteiger partial charge in [0.1, 0.15) is 11.6 Å². The fraction of sp³-hybridized carbons (Fsp3) is 0.111. The molecule has 7 heteroatoms. The lowest BCUT2D eigenvalue weighted by atomic mass is 10.2. The highest BCUT2D eigenvalue weighted by Crippen LogP contribution is 2.28. The molecule has 0 spiro atoms. The SMILES string of the molecule is COc1cc(NC(=O)CN)ccc1NC(=O)/C=C/c1ccc(F)cc1. The zero-order valence-electron chi connectivity index (χ0n) is 13.6. The molecule has 0 radical (unpaired) electrons. The van der Waals surface area contributed by atoms with E-state index < -0.39 is 0 Å². The molecule has 0 aliphatic heterocycles. The molecule has 0 bridgehead atoms. The van der Waals surface area contributed by atoms with Gasteiger partial charge in [-0.2, -0.15) is 0 Å². The molecule has 0 aromatic heterocycles. The van der Waals surface area contributed by atoms with Crippen LogP contribution in [0.1, 0.15) is 5.56 Å². The van der Waals surface area contributed by atoms with Crippen LogP contribution in [0.4, 0.5) is 15.8 Å². The number of nitrogens with two attached hydrogens (primary N) is 1. The van der Waals surface area contributed by atoms with Crippen molar-refractivity contribution in [3.05, 3.63) is 59.9 Å². The first-order valence-electron chi connectivity index (χ1n) is 7.44. The fourth-order valence-corrected chi connectivity index (χ4v) is 2.00. The van der Waals surface area contributed by atoms with E-state index in [0.717, 1.165) is 0 Å². The average molecular weight is 343 g/mol. The number of rotatable bonds is 6. The third kappa shape index (κ3) is 5.43. The molecule has 6 nitrogen and oxygen atoms in total. The molecule has 2 rings (SSSR count). The maximum atomic E-state index is 12.8. The molecule has 0 heterocycles. The molecule has 2 aromatic rings. The number of hydrogen-bond donors (Lipinski definition) is 3. The Morgan fingerprint density at radius 3 is 2.52 bits per heavy atom. The van der Waals surface area contributed by atoms with Gasteiger partial charge < -0.3 is 21.1 Å². The highest BCUT2D eigenvalue weighted by atomic mass is 19.1. The number of amides is 2. The minimum atomic E-state index is -0.374. The molecule has 0 aliphatic carbocycles. The van der Waals surface area contributed by atoms with Gasteiger partial charge in [0.25, 0.3) is 0 Å². The Hall–Kier alpha value is -3.19. The monoisotopic (exact) mass is 343 g/mol. The van der Waals surface area contributed by atoms with Gasteiger partial charge in [0.2, 0.25) is 11.8 Å². The molecule has 2 aromatic carbocycles. The Labute approximate surface area is 144 Å². The molecule has 0 atom stereocenters. The van der Waals surface area contributed by atoms with E-state index in [2.05, 4.69) is 10.6 Å². The van der Waals surface area contributed by atoms with Gasteiger partial charge in [0.15, 0.2) is 0 Å². The van der Waals surface area contributed by atoms with E-state index in [0.29, 0.717) is 22.7 Å². The first-order chi connectivity index (χ1) is 12.0. The van der Waals surface area contributed by atoms with Crippen LogP contribution in [-0.2, 0) is 9.59 Å². The van der Waals surface area contributed by atoms with E-state index in [4.69, 9.17) is 10.5 Å². The van der Waals surface area contributed by atoms with Crippen molar-refractivity contribution >= 4 is 29.3 Å². The van der Waals surface area contributed by atoms with Crippen molar-refractivity contribution in [2.45, 2.75) is 0 Å². The van der Waals surface area contributed by atoms with Crippen molar-refractivity contribution in [2.75, 3.05) is 24.3 Å². The highest BCUT2D eigenvalue weighted by molar-refractivity contribution is 6.03. The van der Waals surface area contributed by atoms with Crippen molar-refractivity contribution in [1.82, 2.24) is 0 Å². The number of hydrogen-bond acceptors (Lipinski definition) is 4. The van der Waals surface area contributed by atoms with E-state index in [-0.39, 0.29) is 24.2 Å². The van der Waals surface area contributed by atoms with Gasteiger partial charge in [-0.3, -0.25) is 9.59 Å².